The van der Waals surface area contributed by atoms with Gasteiger partial charge in [-0.1, -0.05) is 34.4 Å². The third kappa shape index (κ3) is 4.10. The van der Waals surface area contributed by atoms with Gasteiger partial charge in [0.2, 0.25) is 5.82 Å². The lowest BCUT2D eigenvalue weighted by Crippen LogP contribution is -2.46. The number of anilines is 1. The van der Waals surface area contributed by atoms with Crippen LogP contribution in [0.2, 0.25) is 10.0 Å². The lowest BCUT2D eigenvalue weighted by atomic mass is 9.98. The molecule has 2 aliphatic heterocycles. The number of aromatic nitrogens is 3. The van der Waals surface area contributed by atoms with Gasteiger partial charge in [-0.15, -0.1) is 0 Å². The molecule has 186 valence electrons. The van der Waals surface area contributed by atoms with E-state index in [4.69, 9.17) is 37.6 Å². The van der Waals surface area contributed by atoms with Crippen LogP contribution in [0.5, 0.6) is 0 Å². The number of benzene rings is 1. The van der Waals surface area contributed by atoms with Crippen LogP contribution in [0.15, 0.2) is 35.1 Å². The SMILES string of the molecule is O=C(O)c1ncc(N2C3CCC2CC(OC(=O)c2c(-c4c(Cl)cccc4Cl)noc2C2CC2)C3)cn1. The van der Waals surface area contributed by atoms with Crippen molar-refractivity contribution in [2.75, 3.05) is 4.90 Å². The first-order valence-corrected chi connectivity index (χ1v) is 12.6. The molecule has 2 bridgehead atoms. The Hall–Kier alpha value is -3.17. The second kappa shape index (κ2) is 9.05. The molecule has 2 aromatic heterocycles. The fraction of sp³-hybridized carbons (Fsp3) is 0.400. The molecule has 3 aromatic rings. The van der Waals surface area contributed by atoms with Gasteiger partial charge in [-0.05, 0) is 37.8 Å². The normalized spacial score (nSPS) is 23.1. The highest BCUT2D eigenvalue weighted by atomic mass is 35.5. The minimum Gasteiger partial charge on any atom is -0.475 e. The number of hydrogen-bond donors (Lipinski definition) is 1. The van der Waals surface area contributed by atoms with Gasteiger partial charge in [0.25, 0.3) is 0 Å². The van der Waals surface area contributed by atoms with Gasteiger partial charge in [-0.2, -0.15) is 0 Å². The standard InChI is InChI=1S/C25H22Cl2N4O5/c26-17-2-1-3-18(27)19(17)21-20(22(36-30-21)12-4-5-12)25(34)35-16-8-13-6-7-14(9-16)31(13)15-10-28-23(24(32)33)29-11-15/h1-3,10-14,16H,4-9H2,(H,32,33). The number of esters is 1. The van der Waals surface area contributed by atoms with Crippen molar-refractivity contribution in [3.05, 3.63) is 57.8 Å². The molecule has 11 heteroatoms. The Labute approximate surface area is 216 Å². The summed E-state index contributed by atoms with van der Waals surface area (Å²) in [6.45, 7) is 0. The molecule has 1 aliphatic carbocycles. The smallest absolute Gasteiger partial charge is 0.373 e. The average molecular weight is 529 g/mol. The quantitative estimate of drug-likeness (QED) is 0.421. The Kier molecular flexibility index (Phi) is 5.84. The van der Waals surface area contributed by atoms with Crippen LogP contribution in [0, 0.1) is 0 Å². The fourth-order valence-electron chi connectivity index (χ4n) is 5.44. The number of piperidine rings is 1. The van der Waals surface area contributed by atoms with Crippen LogP contribution in [-0.4, -0.2) is 50.4 Å². The summed E-state index contributed by atoms with van der Waals surface area (Å²) in [5, 5.41) is 14.0. The topological polar surface area (TPSA) is 119 Å². The van der Waals surface area contributed by atoms with Gasteiger partial charge < -0.3 is 19.3 Å². The summed E-state index contributed by atoms with van der Waals surface area (Å²) in [5.41, 5.74) is 1.86. The molecule has 2 atom stereocenters. The fourth-order valence-corrected chi connectivity index (χ4v) is 6.02. The molecule has 3 aliphatic rings. The number of fused-ring (bicyclic) bond motifs is 2. The van der Waals surface area contributed by atoms with Gasteiger partial charge in [0.1, 0.15) is 17.4 Å². The van der Waals surface area contributed by atoms with Crippen LogP contribution in [0.25, 0.3) is 11.3 Å². The number of carboxylic acids is 1. The van der Waals surface area contributed by atoms with Crippen molar-refractivity contribution in [3.63, 3.8) is 0 Å². The van der Waals surface area contributed by atoms with E-state index in [2.05, 4.69) is 20.0 Å². The van der Waals surface area contributed by atoms with Gasteiger partial charge in [-0.3, -0.25) is 0 Å². The number of aromatic carboxylic acids is 1. The zero-order chi connectivity index (χ0) is 25.0. The Balaban J connectivity index is 1.23. The highest BCUT2D eigenvalue weighted by Crippen LogP contribution is 2.47. The lowest BCUT2D eigenvalue weighted by Gasteiger charge is -2.39. The van der Waals surface area contributed by atoms with E-state index in [-0.39, 0.29) is 29.9 Å². The van der Waals surface area contributed by atoms with Crippen LogP contribution in [-0.2, 0) is 4.74 Å². The minimum absolute atomic E-state index is 0.141. The molecular formula is C25H22Cl2N4O5. The highest BCUT2D eigenvalue weighted by Gasteiger charge is 2.44. The number of carboxylic acid groups (broad SMARTS) is 1. The maximum Gasteiger partial charge on any atom is 0.373 e. The monoisotopic (exact) mass is 528 g/mol. The zero-order valence-corrected chi connectivity index (χ0v) is 20.6. The molecule has 1 aromatic carbocycles. The van der Waals surface area contributed by atoms with Crippen LogP contribution in [0.3, 0.4) is 0 Å². The van der Waals surface area contributed by atoms with Crippen molar-refractivity contribution >= 4 is 40.8 Å². The zero-order valence-electron chi connectivity index (χ0n) is 19.1. The van der Waals surface area contributed by atoms with Gasteiger partial charge >= 0.3 is 11.9 Å². The van der Waals surface area contributed by atoms with Crippen LogP contribution in [0.4, 0.5) is 5.69 Å². The predicted octanol–water partition coefficient (Wildman–Crippen LogP) is 5.37. The van der Waals surface area contributed by atoms with E-state index in [1.54, 1.807) is 30.6 Å². The number of nitrogens with zero attached hydrogens (tertiary/aromatic N) is 4. The van der Waals surface area contributed by atoms with Gasteiger partial charge in [0, 0.05) is 36.4 Å². The summed E-state index contributed by atoms with van der Waals surface area (Å²) in [6.07, 6.45) is 7.86. The third-order valence-electron chi connectivity index (χ3n) is 7.16. The Morgan fingerprint density at radius 1 is 1.03 bits per heavy atom. The number of halogens is 2. The van der Waals surface area contributed by atoms with Gasteiger partial charge in [0.15, 0.2) is 5.76 Å². The molecule has 9 nitrogen and oxygen atoms in total. The summed E-state index contributed by atoms with van der Waals surface area (Å²) in [4.78, 5) is 34.8. The van der Waals surface area contributed by atoms with E-state index < -0.39 is 11.9 Å². The van der Waals surface area contributed by atoms with E-state index >= 15 is 0 Å². The van der Waals surface area contributed by atoms with Crippen LogP contribution < -0.4 is 4.90 Å². The summed E-state index contributed by atoms with van der Waals surface area (Å²) >= 11 is 12.8. The molecule has 0 radical (unpaired) electrons. The van der Waals surface area contributed by atoms with Gasteiger partial charge in [-0.25, -0.2) is 19.6 Å². The first-order valence-electron chi connectivity index (χ1n) is 11.9. The van der Waals surface area contributed by atoms with Crippen molar-refractivity contribution in [1.29, 1.82) is 0 Å². The molecule has 6 rings (SSSR count). The van der Waals surface area contributed by atoms with E-state index in [1.807, 2.05) is 0 Å². The molecule has 2 saturated heterocycles. The number of ether oxygens (including phenoxy) is 1. The number of carbonyl (C=O) groups excluding carboxylic acids is 1. The van der Waals surface area contributed by atoms with Gasteiger partial charge in [0.05, 0.1) is 28.1 Å². The molecule has 1 N–H and O–H groups in total. The minimum atomic E-state index is -1.16. The molecule has 2 unspecified atom stereocenters. The molecule has 1 saturated carbocycles. The second-order valence-electron chi connectivity index (χ2n) is 9.50. The van der Waals surface area contributed by atoms with Crippen molar-refractivity contribution in [1.82, 2.24) is 15.1 Å². The summed E-state index contributed by atoms with van der Waals surface area (Å²) < 4.78 is 11.7. The molecular weight excluding hydrogens is 507 g/mol. The molecule has 3 fully saturated rings. The molecule has 4 heterocycles. The maximum absolute atomic E-state index is 13.5. The Bertz CT molecular complexity index is 1310. The maximum atomic E-state index is 13.5. The van der Waals surface area contributed by atoms with Crippen LogP contribution in [0.1, 0.15) is 71.2 Å². The van der Waals surface area contributed by atoms with E-state index in [1.165, 1.54) is 0 Å². The first-order chi connectivity index (χ1) is 17.4. The van der Waals surface area contributed by atoms with Crippen molar-refractivity contribution in [2.24, 2.45) is 0 Å². The van der Waals surface area contributed by atoms with Crippen molar-refractivity contribution in [2.45, 2.75) is 62.6 Å². The Morgan fingerprint density at radius 3 is 2.25 bits per heavy atom. The predicted molar refractivity (Wildman–Crippen MR) is 131 cm³/mol. The number of hydrogen-bond acceptors (Lipinski definition) is 8. The number of rotatable bonds is 6. The summed E-state index contributed by atoms with van der Waals surface area (Å²) in [6, 6.07) is 5.41. The first kappa shape index (κ1) is 23.2. The van der Waals surface area contributed by atoms with E-state index in [9.17, 15) is 9.59 Å². The van der Waals surface area contributed by atoms with Crippen molar-refractivity contribution in [3.8, 4) is 11.3 Å². The second-order valence-corrected chi connectivity index (χ2v) is 10.3. The molecule has 0 amide bonds. The Morgan fingerprint density at radius 2 is 1.67 bits per heavy atom. The number of carbonyl (C=O) groups is 2. The summed E-state index contributed by atoms with van der Waals surface area (Å²) in [5.74, 6) is -1.20. The molecule has 36 heavy (non-hydrogen) atoms. The third-order valence-corrected chi connectivity index (χ3v) is 7.79. The largest absolute Gasteiger partial charge is 0.475 e. The average Bonchev–Trinajstić information content (AvgIpc) is 3.55. The van der Waals surface area contributed by atoms with E-state index in [0.717, 1.165) is 31.4 Å². The van der Waals surface area contributed by atoms with Crippen LogP contribution >= 0.6 is 23.2 Å². The lowest BCUT2D eigenvalue weighted by molar-refractivity contribution is 0.0202. The highest BCUT2D eigenvalue weighted by molar-refractivity contribution is 6.39. The molecule has 0 spiro atoms. The summed E-state index contributed by atoms with van der Waals surface area (Å²) in [7, 11) is 0. The van der Waals surface area contributed by atoms with E-state index in [0.29, 0.717) is 45.5 Å². The van der Waals surface area contributed by atoms with Crippen molar-refractivity contribution < 1.29 is 24.0 Å².